The number of aromatic nitrogens is 1. The number of nitrogens with zero attached hydrogens (tertiary/aromatic N) is 2. The molecule has 4 nitrogen and oxygen atoms in total. The van der Waals surface area contributed by atoms with E-state index < -0.39 is 0 Å². The molecule has 1 N–H and O–H groups in total. The van der Waals surface area contributed by atoms with Crippen molar-refractivity contribution in [3.8, 4) is 0 Å². The molecule has 1 amide bonds. The Morgan fingerprint density at radius 3 is 3.22 bits per heavy atom. The van der Waals surface area contributed by atoms with Gasteiger partial charge < -0.3 is 5.32 Å². The molecule has 1 fully saturated rings. The summed E-state index contributed by atoms with van der Waals surface area (Å²) in [5, 5.41) is 3.46. The van der Waals surface area contributed by atoms with E-state index in [9.17, 15) is 4.79 Å². The van der Waals surface area contributed by atoms with E-state index in [1.165, 1.54) is 6.42 Å². The van der Waals surface area contributed by atoms with Crippen molar-refractivity contribution in [3.63, 3.8) is 0 Å². The summed E-state index contributed by atoms with van der Waals surface area (Å²) in [7, 11) is 0. The fraction of sp³-hybridized carbons (Fsp3) is 0.538. The van der Waals surface area contributed by atoms with Crippen LogP contribution in [0, 0.1) is 0 Å². The molecule has 2 heterocycles. The lowest BCUT2D eigenvalue weighted by molar-refractivity contribution is 0.0936. The summed E-state index contributed by atoms with van der Waals surface area (Å²) in [6, 6.07) is 3.70. The summed E-state index contributed by atoms with van der Waals surface area (Å²) in [6.45, 7) is 5.00. The van der Waals surface area contributed by atoms with E-state index in [4.69, 9.17) is 11.6 Å². The Bertz CT molecular complexity index is 424. The molecule has 0 aliphatic carbocycles. The van der Waals surface area contributed by atoms with E-state index in [1.807, 2.05) is 0 Å². The second kappa shape index (κ2) is 6.16. The van der Waals surface area contributed by atoms with Gasteiger partial charge in [-0.2, -0.15) is 0 Å². The molecule has 0 radical (unpaired) electrons. The van der Waals surface area contributed by atoms with Crippen LogP contribution in [0.15, 0.2) is 18.3 Å². The molecule has 0 spiro atoms. The highest BCUT2D eigenvalue weighted by Crippen LogP contribution is 2.15. The maximum Gasteiger partial charge on any atom is 0.269 e. The van der Waals surface area contributed by atoms with Crippen molar-refractivity contribution in [2.24, 2.45) is 0 Å². The molecular weight excluding hydrogens is 250 g/mol. The SMILES string of the molecule is CCN1CCCC1CNC(=O)c1cc(Cl)ccn1. The number of halogens is 1. The summed E-state index contributed by atoms with van der Waals surface area (Å²) in [6.07, 6.45) is 3.91. The average Bonchev–Trinajstić information content (AvgIpc) is 2.83. The van der Waals surface area contributed by atoms with Gasteiger partial charge >= 0.3 is 0 Å². The van der Waals surface area contributed by atoms with Crippen LogP contribution in [-0.4, -0.2) is 41.5 Å². The summed E-state index contributed by atoms with van der Waals surface area (Å²) < 4.78 is 0. The molecule has 1 aliphatic heterocycles. The average molecular weight is 268 g/mol. The van der Waals surface area contributed by atoms with Crippen LogP contribution in [0.2, 0.25) is 5.02 Å². The Labute approximate surface area is 112 Å². The lowest BCUT2D eigenvalue weighted by Gasteiger charge is -2.22. The number of rotatable bonds is 4. The number of amides is 1. The van der Waals surface area contributed by atoms with Crippen molar-refractivity contribution in [2.75, 3.05) is 19.6 Å². The van der Waals surface area contributed by atoms with E-state index in [-0.39, 0.29) is 5.91 Å². The topological polar surface area (TPSA) is 45.2 Å². The fourth-order valence-corrected chi connectivity index (χ4v) is 2.53. The number of carbonyl (C=O) groups excluding carboxylic acids is 1. The Hall–Kier alpha value is -1.13. The van der Waals surface area contributed by atoms with Crippen LogP contribution in [0.1, 0.15) is 30.3 Å². The van der Waals surface area contributed by atoms with Crippen LogP contribution in [0.25, 0.3) is 0 Å². The van der Waals surface area contributed by atoms with Gasteiger partial charge in [-0.05, 0) is 38.1 Å². The summed E-state index contributed by atoms with van der Waals surface area (Å²) >= 11 is 5.83. The highest BCUT2D eigenvalue weighted by Gasteiger charge is 2.23. The molecule has 1 aliphatic rings. The Morgan fingerprint density at radius 1 is 1.67 bits per heavy atom. The monoisotopic (exact) mass is 267 g/mol. The van der Waals surface area contributed by atoms with Gasteiger partial charge in [0, 0.05) is 23.8 Å². The number of nitrogens with one attached hydrogen (secondary N) is 1. The molecule has 18 heavy (non-hydrogen) atoms. The highest BCUT2D eigenvalue weighted by atomic mass is 35.5. The van der Waals surface area contributed by atoms with Crippen molar-refractivity contribution in [1.82, 2.24) is 15.2 Å². The normalized spacial score (nSPS) is 20.0. The Morgan fingerprint density at radius 2 is 2.50 bits per heavy atom. The minimum Gasteiger partial charge on any atom is -0.349 e. The van der Waals surface area contributed by atoms with Crippen LogP contribution in [0.5, 0.6) is 0 Å². The third-order valence-corrected chi connectivity index (χ3v) is 3.59. The molecule has 2 rings (SSSR count). The maximum absolute atomic E-state index is 11.9. The Kier molecular flexibility index (Phi) is 4.55. The van der Waals surface area contributed by atoms with Gasteiger partial charge in [0.2, 0.25) is 0 Å². The van der Waals surface area contributed by atoms with Crippen molar-refractivity contribution < 1.29 is 4.79 Å². The highest BCUT2D eigenvalue weighted by molar-refractivity contribution is 6.30. The summed E-state index contributed by atoms with van der Waals surface area (Å²) in [5.74, 6) is -0.152. The number of carbonyl (C=O) groups is 1. The maximum atomic E-state index is 11.9. The van der Waals surface area contributed by atoms with Gasteiger partial charge in [0.05, 0.1) is 0 Å². The molecule has 98 valence electrons. The van der Waals surface area contributed by atoms with E-state index in [0.717, 1.165) is 19.5 Å². The van der Waals surface area contributed by atoms with Gasteiger partial charge in [-0.25, -0.2) is 0 Å². The molecule has 1 aromatic rings. The van der Waals surface area contributed by atoms with Gasteiger partial charge in [0.25, 0.3) is 5.91 Å². The first-order chi connectivity index (χ1) is 8.70. The smallest absolute Gasteiger partial charge is 0.269 e. The third-order valence-electron chi connectivity index (χ3n) is 3.36. The van der Waals surface area contributed by atoms with E-state index in [0.29, 0.717) is 23.3 Å². The van der Waals surface area contributed by atoms with Crippen LogP contribution >= 0.6 is 11.6 Å². The van der Waals surface area contributed by atoms with Gasteiger partial charge in [-0.1, -0.05) is 18.5 Å². The minimum absolute atomic E-state index is 0.152. The van der Waals surface area contributed by atoms with Gasteiger partial charge in [0.1, 0.15) is 5.69 Å². The van der Waals surface area contributed by atoms with Crippen LogP contribution in [-0.2, 0) is 0 Å². The quantitative estimate of drug-likeness (QED) is 0.907. The van der Waals surface area contributed by atoms with Gasteiger partial charge in [-0.15, -0.1) is 0 Å². The standard InChI is InChI=1S/C13H18ClN3O/c1-2-17-7-3-4-11(17)9-16-13(18)12-8-10(14)5-6-15-12/h5-6,8,11H,2-4,7,9H2,1H3,(H,16,18). The second-order valence-electron chi connectivity index (χ2n) is 4.49. The van der Waals surface area contributed by atoms with Crippen LogP contribution < -0.4 is 5.32 Å². The lowest BCUT2D eigenvalue weighted by atomic mass is 10.2. The van der Waals surface area contributed by atoms with Crippen LogP contribution in [0.4, 0.5) is 0 Å². The van der Waals surface area contributed by atoms with Crippen molar-refractivity contribution >= 4 is 17.5 Å². The molecule has 1 saturated heterocycles. The zero-order chi connectivity index (χ0) is 13.0. The van der Waals surface area contributed by atoms with Crippen molar-refractivity contribution in [2.45, 2.75) is 25.8 Å². The third kappa shape index (κ3) is 3.21. The molecule has 1 aromatic heterocycles. The fourth-order valence-electron chi connectivity index (χ4n) is 2.37. The first-order valence-corrected chi connectivity index (χ1v) is 6.72. The molecule has 5 heteroatoms. The van der Waals surface area contributed by atoms with Gasteiger partial charge in [0.15, 0.2) is 0 Å². The Balaban J connectivity index is 1.88. The largest absolute Gasteiger partial charge is 0.349 e. The number of likely N-dealkylation sites (tertiary alicyclic amines) is 1. The van der Waals surface area contributed by atoms with Crippen molar-refractivity contribution in [3.05, 3.63) is 29.0 Å². The molecule has 0 saturated carbocycles. The summed E-state index contributed by atoms with van der Waals surface area (Å²) in [4.78, 5) is 18.3. The molecule has 1 atom stereocenters. The predicted molar refractivity (Wildman–Crippen MR) is 71.8 cm³/mol. The van der Waals surface area contributed by atoms with E-state index in [1.54, 1.807) is 18.3 Å². The number of pyridine rings is 1. The zero-order valence-corrected chi connectivity index (χ0v) is 11.3. The number of likely N-dealkylation sites (N-methyl/N-ethyl adjacent to an activating group) is 1. The number of hydrogen-bond donors (Lipinski definition) is 1. The number of hydrogen-bond acceptors (Lipinski definition) is 3. The first-order valence-electron chi connectivity index (χ1n) is 6.34. The van der Waals surface area contributed by atoms with Crippen molar-refractivity contribution in [1.29, 1.82) is 0 Å². The first kappa shape index (κ1) is 13.3. The molecule has 1 unspecified atom stereocenters. The molecule has 0 bridgehead atoms. The summed E-state index contributed by atoms with van der Waals surface area (Å²) in [5.41, 5.74) is 0.378. The molecular formula is C13H18ClN3O. The predicted octanol–water partition coefficient (Wildman–Crippen LogP) is 1.95. The molecule has 0 aromatic carbocycles. The lowest BCUT2D eigenvalue weighted by Crippen LogP contribution is -2.40. The van der Waals surface area contributed by atoms with E-state index in [2.05, 4.69) is 22.1 Å². The second-order valence-corrected chi connectivity index (χ2v) is 4.93. The van der Waals surface area contributed by atoms with E-state index >= 15 is 0 Å². The zero-order valence-electron chi connectivity index (χ0n) is 10.5. The minimum atomic E-state index is -0.152. The van der Waals surface area contributed by atoms with Crippen LogP contribution in [0.3, 0.4) is 0 Å². The van der Waals surface area contributed by atoms with Gasteiger partial charge in [-0.3, -0.25) is 14.7 Å².